The van der Waals surface area contributed by atoms with Crippen LogP contribution >= 0.6 is 0 Å². The van der Waals surface area contributed by atoms with Crippen LogP contribution in [0.1, 0.15) is 37.5 Å². The number of aromatic nitrogens is 1. The Labute approximate surface area is 96.3 Å². The van der Waals surface area contributed by atoms with Crippen LogP contribution in [0.3, 0.4) is 0 Å². The summed E-state index contributed by atoms with van der Waals surface area (Å²) in [5.41, 5.74) is 1.85. The summed E-state index contributed by atoms with van der Waals surface area (Å²) < 4.78 is 0. The Balaban J connectivity index is 2.11. The highest BCUT2D eigenvalue weighted by molar-refractivity contribution is 5.21. The fraction of sp³-hybridized carbons (Fsp3) is 0.357. The van der Waals surface area contributed by atoms with Gasteiger partial charge in [0.1, 0.15) is 6.10 Å². The molecule has 1 aliphatic carbocycles. The van der Waals surface area contributed by atoms with E-state index >= 15 is 0 Å². The van der Waals surface area contributed by atoms with Crippen molar-refractivity contribution in [2.75, 3.05) is 0 Å². The highest BCUT2D eigenvalue weighted by Crippen LogP contribution is 2.25. The zero-order valence-corrected chi connectivity index (χ0v) is 9.34. The Hall–Kier alpha value is -1.41. The van der Waals surface area contributed by atoms with Crippen molar-refractivity contribution in [3.05, 3.63) is 53.9 Å². The van der Waals surface area contributed by atoms with Gasteiger partial charge in [0.2, 0.25) is 0 Å². The molecule has 0 radical (unpaired) electrons. The second kappa shape index (κ2) is 5.61. The van der Waals surface area contributed by atoms with Crippen LogP contribution < -0.4 is 0 Å². The minimum Gasteiger partial charge on any atom is -0.382 e. The van der Waals surface area contributed by atoms with Crippen LogP contribution in [0.2, 0.25) is 0 Å². The highest BCUT2D eigenvalue weighted by Gasteiger charge is 2.13. The van der Waals surface area contributed by atoms with Gasteiger partial charge in [0, 0.05) is 6.20 Å². The summed E-state index contributed by atoms with van der Waals surface area (Å²) in [6.07, 6.45) is 11.8. The highest BCUT2D eigenvalue weighted by atomic mass is 16.3. The summed E-state index contributed by atoms with van der Waals surface area (Å²) in [5, 5.41) is 10.2. The number of aliphatic hydroxyl groups excluding tert-OH is 1. The average Bonchev–Trinajstić information content (AvgIpc) is 2.29. The van der Waals surface area contributed by atoms with E-state index in [1.165, 1.54) is 0 Å². The zero-order chi connectivity index (χ0) is 11.2. The molecule has 2 heteroatoms. The lowest BCUT2D eigenvalue weighted by Gasteiger charge is -2.15. The Bertz CT molecular complexity index is 381. The molecule has 1 unspecified atom stereocenters. The van der Waals surface area contributed by atoms with Crippen molar-refractivity contribution in [3.63, 3.8) is 0 Å². The molecule has 1 N–H and O–H groups in total. The monoisotopic (exact) mass is 215 g/mol. The molecule has 1 atom stereocenters. The Morgan fingerprint density at radius 3 is 2.81 bits per heavy atom. The lowest BCUT2D eigenvalue weighted by molar-refractivity contribution is 0.206. The van der Waals surface area contributed by atoms with Crippen LogP contribution in [0.15, 0.2) is 48.2 Å². The molecule has 1 aromatic rings. The van der Waals surface area contributed by atoms with Crippen molar-refractivity contribution in [1.82, 2.24) is 4.98 Å². The van der Waals surface area contributed by atoms with E-state index in [9.17, 15) is 5.11 Å². The molecule has 1 heterocycles. The summed E-state index contributed by atoms with van der Waals surface area (Å²) in [5.74, 6) is 0. The largest absolute Gasteiger partial charge is 0.382 e. The van der Waals surface area contributed by atoms with Gasteiger partial charge in [0.25, 0.3) is 0 Å². The van der Waals surface area contributed by atoms with E-state index in [1.54, 1.807) is 6.20 Å². The van der Waals surface area contributed by atoms with E-state index in [4.69, 9.17) is 0 Å². The molecule has 1 aromatic heterocycles. The first-order valence-electron chi connectivity index (χ1n) is 5.81. The fourth-order valence-corrected chi connectivity index (χ4v) is 1.93. The number of rotatable bonds is 2. The van der Waals surface area contributed by atoms with Gasteiger partial charge >= 0.3 is 0 Å². The summed E-state index contributed by atoms with van der Waals surface area (Å²) in [7, 11) is 0. The zero-order valence-electron chi connectivity index (χ0n) is 9.34. The van der Waals surface area contributed by atoms with E-state index in [1.807, 2.05) is 18.2 Å². The van der Waals surface area contributed by atoms with Crippen LogP contribution in [0.4, 0.5) is 0 Å². The molecule has 2 rings (SSSR count). The van der Waals surface area contributed by atoms with E-state index in [-0.39, 0.29) is 0 Å². The molecule has 0 bridgehead atoms. The first-order chi connectivity index (χ1) is 7.88. The van der Waals surface area contributed by atoms with Gasteiger partial charge in [-0.1, -0.05) is 24.3 Å². The van der Waals surface area contributed by atoms with Crippen LogP contribution in [0, 0.1) is 0 Å². The van der Waals surface area contributed by atoms with Gasteiger partial charge < -0.3 is 5.11 Å². The lowest BCUT2D eigenvalue weighted by atomic mass is 9.97. The molecule has 0 fully saturated rings. The fourth-order valence-electron chi connectivity index (χ4n) is 1.93. The summed E-state index contributed by atoms with van der Waals surface area (Å²) in [6.45, 7) is 0. The molecule has 0 aliphatic heterocycles. The second-order valence-corrected chi connectivity index (χ2v) is 4.02. The Kier molecular flexibility index (Phi) is 3.89. The number of nitrogens with zero attached hydrogens (tertiary/aromatic N) is 1. The van der Waals surface area contributed by atoms with Crippen molar-refractivity contribution in [2.45, 2.75) is 31.8 Å². The molecule has 0 saturated carbocycles. The molecular formula is C14H17NO. The SMILES string of the molecule is OC(/C1=C/CC/C=C\CC1)c1ccccn1. The normalized spacial score (nSPS) is 23.7. The summed E-state index contributed by atoms with van der Waals surface area (Å²) in [4.78, 5) is 4.20. The maximum absolute atomic E-state index is 10.2. The first-order valence-corrected chi connectivity index (χ1v) is 5.81. The minimum atomic E-state index is -0.535. The lowest BCUT2D eigenvalue weighted by Crippen LogP contribution is -2.04. The van der Waals surface area contributed by atoms with Gasteiger partial charge in [-0.2, -0.15) is 0 Å². The van der Waals surface area contributed by atoms with Crippen LogP contribution in [-0.4, -0.2) is 10.1 Å². The maximum atomic E-state index is 10.2. The number of allylic oxidation sites excluding steroid dienone is 3. The third-order valence-corrected chi connectivity index (χ3v) is 2.83. The molecular weight excluding hydrogens is 198 g/mol. The molecule has 16 heavy (non-hydrogen) atoms. The number of aliphatic hydroxyl groups is 1. The van der Waals surface area contributed by atoms with Gasteiger partial charge in [-0.25, -0.2) is 0 Å². The number of hydrogen-bond acceptors (Lipinski definition) is 2. The van der Waals surface area contributed by atoms with Crippen molar-refractivity contribution >= 4 is 0 Å². The molecule has 2 nitrogen and oxygen atoms in total. The molecule has 0 aromatic carbocycles. The van der Waals surface area contributed by atoms with Crippen LogP contribution in [0.25, 0.3) is 0 Å². The van der Waals surface area contributed by atoms with Crippen molar-refractivity contribution in [3.8, 4) is 0 Å². The Morgan fingerprint density at radius 2 is 2.00 bits per heavy atom. The molecule has 0 spiro atoms. The standard InChI is InChI=1S/C14H17NO/c16-14(13-10-6-7-11-15-13)12-8-4-2-1-3-5-9-12/h1-2,6-7,9-11,14,16H,3-5,8H2/b2-1-,12-9+. The van der Waals surface area contributed by atoms with E-state index < -0.39 is 6.10 Å². The molecule has 0 amide bonds. The van der Waals surface area contributed by atoms with Gasteiger partial charge in [-0.3, -0.25) is 4.98 Å². The van der Waals surface area contributed by atoms with Crippen LogP contribution in [-0.2, 0) is 0 Å². The quantitative estimate of drug-likeness (QED) is 0.769. The third kappa shape index (κ3) is 2.80. The first kappa shape index (κ1) is 11.1. The van der Waals surface area contributed by atoms with Gasteiger partial charge in [0.05, 0.1) is 5.69 Å². The van der Waals surface area contributed by atoms with Gasteiger partial charge in [0.15, 0.2) is 0 Å². The molecule has 1 aliphatic rings. The maximum Gasteiger partial charge on any atom is 0.117 e. The van der Waals surface area contributed by atoms with Gasteiger partial charge in [-0.15, -0.1) is 0 Å². The topological polar surface area (TPSA) is 33.1 Å². The summed E-state index contributed by atoms with van der Waals surface area (Å²) >= 11 is 0. The predicted octanol–water partition coefficient (Wildman–Crippen LogP) is 3.17. The second-order valence-electron chi connectivity index (χ2n) is 4.02. The van der Waals surface area contributed by atoms with E-state index in [0.717, 1.165) is 37.0 Å². The smallest absolute Gasteiger partial charge is 0.117 e. The van der Waals surface area contributed by atoms with Crippen LogP contribution in [0.5, 0.6) is 0 Å². The van der Waals surface area contributed by atoms with Crippen molar-refractivity contribution < 1.29 is 5.11 Å². The average molecular weight is 215 g/mol. The number of hydrogen-bond donors (Lipinski definition) is 1. The molecule has 0 saturated heterocycles. The minimum absolute atomic E-state index is 0.535. The molecule has 84 valence electrons. The number of pyridine rings is 1. The van der Waals surface area contributed by atoms with E-state index in [2.05, 4.69) is 23.2 Å². The van der Waals surface area contributed by atoms with Crippen molar-refractivity contribution in [2.24, 2.45) is 0 Å². The van der Waals surface area contributed by atoms with Crippen molar-refractivity contribution in [1.29, 1.82) is 0 Å². The predicted molar refractivity (Wildman–Crippen MR) is 64.9 cm³/mol. The Morgan fingerprint density at radius 1 is 1.12 bits per heavy atom. The van der Waals surface area contributed by atoms with E-state index in [0.29, 0.717) is 0 Å². The third-order valence-electron chi connectivity index (χ3n) is 2.83. The summed E-state index contributed by atoms with van der Waals surface area (Å²) in [6, 6.07) is 5.65. The van der Waals surface area contributed by atoms with Gasteiger partial charge in [-0.05, 0) is 43.4 Å².